The molecule has 2 heterocycles. The average Bonchev–Trinajstić information content (AvgIpc) is 2.65. The van der Waals surface area contributed by atoms with E-state index >= 15 is 0 Å². The predicted molar refractivity (Wildman–Crippen MR) is 99.4 cm³/mol. The number of likely N-dealkylation sites (tertiary alicyclic amines) is 1. The summed E-state index contributed by atoms with van der Waals surface area (Å²) in [6.07, 6.45) is 1.24. The number of carbonyl (C=O) groups is 1. The first kappa shape index (κ1) is 19.1. The number of carbonyl (C=O) groups excluding carboxylic acids is 1. The molecule has 1 aromatic carbocycles. The van der Waals surface area contributed by atoms with Gasteiger partial charge in [0.1, 0.15) is 18.0 Å². The van der Waals surface area contributed by atoms with Crippen LogP contribution in [0.4, 0.5) is 0 Å². The number of aryl methyl sites for hydroxylation is 2. The SMILES string of the molecule is Cc1ccc(OCC2(O)CCN(CC(=O)N3CCOCC3)CC2)cc1C. The quantitative estimate of drug-likeness (QED) is 0.857. The zero-order chi connectivity index (χ0) is 18.6. The van der Waals surface area contributed by atoms with E-state index in [0.717, 1.165) is 5.75 Å². The van der Waals surface area contributed by atoms with Gasteiger partial charge in [0.05, 0.1) is 19.8 Å². The van der Waals surface area contributed by atoms with Gasteiger partial charge in [-0.3, -0.25) is 9.69 Å². The van der Waals surface area contributed by atoms with Gasteiger partial charge >= 0.3 is 0 Å². The molecule has 3 rings (SSSR count). The zero-order valence-corrected chi connectivity index (χ0v) is 15.9. The average molecular weight is 362 g/mol. The Labute approximate surface area is 155 Å². The van der Waals surface area contributed by atoms with E-state index in [0.29, 0.717) is 65.4 Å². The molecule has 6 nitrogen and oxygen atoms in total. The number of piperidine rings is 1. The summed E-state index contributed by atoms with van der Waals surface area (Å²) in [7, 11) is 0. The van der Waals surface area contributed by atoms with Gasteiger partial charge in [0, 0.05) is 26.2 Å². The molecule has 0 bridgehead atoms. The number of ether oxygens (including phenoxy) is 2. The summed E-state index contributed by atoms with van der Waals surface area (Å²) < 4.78 is 11.1. The largest absolute Gasteiger partial charge is 0.491 e. The summed E-state index contributed by atoms with van der Waals surface area (Å²) in [6, 6.07) is 5.99. The lowest BCUT2D eigenvalue weighted by atomic mass is 9.92. The van der Waals surface area contributed by atoms with Crippen LogP contribution >= 0.6 is 0 Å². The maximum Gasteiger partial charge on any atom is 0.236 e. The third-order valence-corrected chi connectivity index (χ3v) is 5.50. The molecule has 0 radical (unpaired) electrons. The van der Waals surface area contributed by atoms with Gasteiger partial charge in [0.15, 0.2) is 0 Å². The van der Waals surface area contributed by atoms with E-state index in [-0.39, 0.29) is 5.91 Å². The van der Waals surface area contributed by atoms with Gasteiger partial charge in [-0.1, -0.05) is 6.07 Å². The van der Waals surface area contributed by atoms with Crippen molar-refractivity contribution < 1.29 is 19.4 Å². The maximum atomic E-state index is 12.3. The zero-order valence-electron chi connectivity index (χ0n) is 15.9. The molecule has 2 fully saturated rings. The molecule has 0 aliphatic carbocycles. The molecule has 0 atom stereocenters. The molecule has 2 aliphatic rings. The Morgan fingerprint density at radius 3 is 2.50 bits per heavy atom. The highest BCUT2D eigenvalue weighted by Gasteiger charge is 2.34. The Morgan fingerprint density at radius 2 is 1.85 bits per heavy atom. The fraction of sp³-hybridized carbons (Fsp3) is 0.650. The van der Waals surface area contributed by atoms with E-state index in [1.54, 1.807) is 0 Å². The van der Waals surface area contributed by atoms with E-state index in [1.165, 1.54) is 11.1 Å². The Morgan fingerprint density at radius 1 is 1.15 bits per heavy atom. The molecule has 2 aliphatic heterocycles. The monoisotopic (exact) mass is 362 g/mol. The Bertz CT molecular complexity index is 620. The van der Waals surface area contributed by atoms with Crippen molar-refractivity contribution in [1.82, 2.24) is 9.80 Å². The number of hydrogen-bond donors (Lipinski definition) is 1. The van der Waals surface area contributed by atoms with Crippen LogP contribution in [0.3, 0.4) is 0 Å². The van der Waals surface area contributed by atoms with E-state index in [9.17, 15) is 9.90 Å². The van der Waals surface area contributed by atoms with Crippen LogP contribution in [0, 0.1) is 13.8 Å². The topological polar surface area (TPSA) is 62.2 Å². The first-order chi connectivity index (χ1) is 12.5. The second-order valence-electron chi connectivity index (χ2n) is 7.53. The van der Waals surface area contributed by atoms with Gasteiger partial charge in [0.25, 0.3) is 0 Å². The third kappa shape index (κ3) is 4.96. The fourth-order valence-corrected chi connectivity index (χ4v) is 3.40. The number of nitrogens with zero attached hydrogens (tertiary/aromatic N) is 2. The van der Waals surface area contributed by atoms with Crippen LogP contribution in [-0.4, -0.2) is 79.0 Å². The molecule has 1 amide bonds. The number of amides is 1. The minimum atomic E-state index is -0.822. The first-order valence-corrected chi connectivity index (χ1v) is 9.45. The van der Waals surface area contributed by atoms with Gasteiger partial charge < -0.3 is 19.5 Å². The van der Waals surface area contributed by atoms with Crippen LogP contribution in [0.2, 0.25) is 0 Å². The highest BCUT2D eigenvalue weighted by Crippen LogP contribution is 2.25. The minimum Gasteiger partial charge on any atom is -0.491 e. The standard InChI is InChI=1S/C20H30N2O4/c1-16-3-4-18(13-17(16)2)26-15-20(24)5-7-21(8-6-20)14-19(23)22-9-11-25-12-10-22/h3-4,13,24H,5-12,14-15H2,1-2H3. The molecule has 0 saturated carbocycles. The van der Waals surface area contributed by atoms with E-state index in [1.807, 2.05) is 23.1 Å². The van der Waals surface area contributed by atoms with Crippen LogP contribution in [0.1, 0.15) is 24.0 Å². The van der Waals surface area contributed by atoms with Crippen molar-refractivity contribution in [2.45, 2.75) is 32.3 Å². The summed E-state index contributed by atoms with van der Waals surface area (Å²) in [5, 5.41) is 10.8. The van der Waals surface area contributed by atoms with Gasteiger partial charge in [0.2, 0.25) is 5.91 Å². The molecule has 0 aromatic heterocycles. The normalized spacial score (nSPS) is 20.8. The molecule has 0 unspecified atom stereocenters. The highest BCUT2D eigenvalue weighted by atomic mass is 16.5. The lowest BCUT2D eigenvalue weighted by Crippen LogP contribution is -2.51. The van der Waals surface area contributed by atoms with E-state index in [2.05, 4.69) is 18.7 Å². The summed E-state index contributed by atoms with van der Waals surface area (Å²) in [5.74, 6) is 0.955. The second kappa shape index (κ2) is 8.37. The van der Waals surface area contributed by atoms with Crippen molar-refractivity contribution in [3.63, 3.8) is 0 Å². The van der Waals surface area contributed by atoms with Gasteiger partial charge in [-0.25, -0.2) is 0 Å². The summed E-state index contributed by atoms with van der Waals surface area (Å²) >= 11 is 0. The molecule has 1 N–H and O–H groups in total. The van der Waals surface area contributed by atoms with Crippen LogP contribution in [0.25, 0.3) is 0 Å². The Hall–Kier alpha value is -1.63. The predicted octanol–water partition coefficient (Wildman–Crippen LogP) is 1.37. The smallest absolute Gasteiger partial charge is 0.236 e. The number of rotatable bonds is 5. The summed E-state index contributed by atoms with van der Waals surface area (Å²) in [6.45, 7) is 8.88. The van der Waals surface area contributed by atoms with Gasteiger partial charge in [-0.2, -0.15) is 0 Å². The van der Waals surface area contributed by atoms with Crippen molar-refractivity contribution in [2.24, 2.45) is 0 Å². The molecule has 0 spiro atoms. The molecule has 144 valence electrons. The van der Waals surface area contributed by atoms with Crippen molar-refractivity contribution in [1.29, 1.82) is 0 Å². The summed E-state index contributed by atoms with van der Waals surface area (Å²) in [5.41, 5.74) is 1.59. The van der Waals surface area contributed by atoms with Crippen LogP contribution in [0.15, 0.2) is 18.2 Å². The molecule has 1 aromatic rings. The Balaban J connectivity index is 1.44. The molecule has 26 heavy (non-hydrogen) atoms. The molecule has 2 saturated heterocycles. The third-order valence-electron chi connectivity index (χ3n) is 5.50. The number of morpholine rings is 1. The van der Waals surface area contributed by atoms with Crippen molar-refractivity contribution in [2.75, 3.05) is 52.5 Å². The first-order valence-electron chi connectivity index (χ1n) is 9.45. The fourth-order valence-electron chi connectivity index (χ4n) is 3.40. The van der Waals surface area contributed by atoms with Gasteiger partial charge in [-0.05, 0) is 49.9 Å². The van der Waals surface area contributed by atoms with Gasteiger partial charge in [-0.15, -0.1) is 0 Å². The number of hydrogen-bond acceptors (Lipinski definition) is 5. The van der Waals surface area contributed by atoms with Crippen molar-refractivity contribution in [3.8, 4) is 5.75 Å². The molecular formula is C20H30N2O4. The molecule has 6 heteroatoms. The van der Waals surface area contributed by atoms with E-state index in [4.69, 9.17) is 9.47 Å². The lowest BCUT2D eigenvalue weighted by molar-refractivity contribution is -0.138. The van der Waals surface area contributed by atoms with Crippen LogP contribution in [0.5, 0.6) is 5.75 Å². The Kier molecular flexibility index (Phi) is 6.16. The highest BCUT2D eigenvalue weighted by molar-refractivity contribution is 5.78. The van der Waals surface area contributed by atoms with Crippen molar-refractivity contribution >= 4 is 5.91 Å². The van der Waals surface area contributed by atoms with E-state index < -0.39 is 5.60 Å². The lowest BCUT2D eigenvalue weighted by Gasteiger charge is -2.38. The number of aliphatic hydroxyl groups is 1. The van der Waals surface area contributed by atoms with Crippen molar-refractivity contribution in [3.05, 3.63) is 29.3 Å². The van der Waals surface area contributed by atoms with Crippen LogP contribution in [-0.2, 0) is 9.53 Å². The molecular weight excluding hydrogens is 332 g/mol. The van der Waals surface area contributed by atoms with Crippen LogP contribution < -0.4 is 4.74 Å². The maximum absolute atomic E-state index is 12.3. The summed E-state index contributed by atoms with van der Waals surface area (Å²) in [4.78, 5) is 16.3. The minimum absolute atomic E-state index is 0.158. The number of benzene rings is 1. The second-order valence-corrected chi connectivity index (χ2v) is 7.53.